The Bertz CT molecular complexity index is 181. The lowest BCUT2D eigenvalue weighted by molar-refractivity contribution is 0.0622. The van der Waals surface area contributed by atoms with Crippen LogP contribution >= 0.6 is 0 Å². The molecule has 1 unspecified atom stereocenters. The third kappa shape index (κ3) is 4.04. The van der Waals surface area contributed by atoms with Crippen LogP contribution in [0.2, 0.25) is 0 Å². The van der Waals surface area contributed by atoms with Gasteiger partial charge in [0.2, 0.25) is 0 Å². The smallest absolute Gasteiger partial charge is 0.0589 e. The summed E-state index contributed by atoms with van der Waals surface area (Å²) in [6.07, 6.45) is 4.12. The Kier molecular flexibility index (Phi) is 6.32. The highest BCUT2D eigenvalue weighted by Gasteiger charge is 2.30. The molecule has 1 fully saturated rings. The van der Waals surface area contributed by atoms with E-state index in [0.717, 1.165) is 32.2 Å². The van der Waals surface area contributed by atoms with Crippen molar-refractivity contribution in [2.75, 3.05) is 33.4 Å². The van der Waals surface area contributed by atoms with Gasteiger partial charge in [0.05, 0.1) is 6.61 Å². The number of rotatable bonds is 8. The number of methoxy groups -OCH3 is 1. The van der Waals surface area contributed by atoms with E-state index in [4.69, 9.17) is 10.5 Å². The zero-order valence-corrected chi connectivity index (χ0v) is 11.1. The van der Waals surface area contributed by atoms with Crippen LogP contribution in [0.25, 0.3) is 0 Å². The van der Waals surface area contributed by atoms with Crippen LogP contribution < -0.4 is 5.73 Å². The molecule has 96 valence electrons. The van der Waals surface area contributed by atoms with Gasteiger partial charge in [-0.25, -0.2) is 0 Å². The van der Waals surface area contributed by atoms with Gasteiger partial charge in [-0.05, 0) is 24.7 Å². The van der Waals surface area contributed by atoms with E-state index in [1.54, 1.807) is 7.11 Å². The molecular weight excluding hydrogens is 200 g/mol. The molecule has 0 aliphatic heterocycles. The third-order valence-corrected chi connectivity index (χ3v) is 3.59. The number of nitrogens with zero attached hydrogens (tertiary/aromatic N) is 1. The van der Waals surface area contributed by atoms with E-state index >= 15 is 0 Å². The van der Waals surface area contributed by atoms with E-state index in [2.05, 4.69) is 18.7 Å². The molecule has 0 heterocycles. The van der Waals surface area contributed by atoms with Crippen molar-refractivity contribution in [3.63, 3.8) is 0 Å². The van der Waals surface area contributed by atoms with Crippen LogP contribution in [0.1, 0.15) is 33.1 Å². The average Bonchev–Trinajstić information content (AvgIpc) is 2.17. The Hall–Kier alpha value is -0.120. The van der Waals surface area contributed by atoms with E-state index in [-0.39, 0.29) is 0 Å². The molecule has 1 saturated carbocycles. The molecule has 1 rings (SSSR count). The second kappa shape index (κ2) is 7.25. The Balaban J connectivity index is 2.48. The van der Waals surface area contributed by atoms with E-state index in [1.807, 2.05) is 0 Å². The lowest BCUT2D eigenvalue weighted by atomic mass is 9.79. The molecular formula is C13H28N2O. The first-order valence-electron chi connectivity index (χ1n) is 6.62. The van der Waals surface area contributed by atoms with Gasteiger partial charge in [-0.2, -0.15) is 0 Å². The highest BCUT2D eigenvalue weighted by molar-refractivity contribution is 4.86. The molecule has 1 aliphatic carbocycles. The number of hydrogen-bond acceptors (Lipinski definition) is 3. The molecule has 0 radical (unpaired) electrons. The first-order chi connectivity index (χ1) is 7.69. The van der Waals surface area contributed by atoms with Crippen LogP contribution in [0, 0.1) is 11.8 Å². The molecule has 0 amide bonds. The summed E-state index contributed by atoms with van der Waals surface area (Å²) in [5, 5.41) is 0. The summed E-state index contributed by atoms with van der Waals surface area (Å²) in [5.41, 5.74) is 5.95. The largest absolute Gasteiger partial charge is 0.383 e. The minimum atomic E-state index is 0.575. The second-order valence-electron chi connectivity index (χ2n) is 5.38. The van der Waals surface area contributed by atoms with E-state index in [0.29, 0.717) is 12.0 Å². The summed E-state index contributed by atoms with van der Waals surface area (Å²) in [7, 11) is 1.77. The van der Waals surface area contributed by atoms with Gasteiger partial charge in [-0.1, -0.05) is 20.3 Å². The lowest BCUT2D eigenvalue weighted by Crippen LogP contribution is -2.50. The van der Waals surface area contributed by atoms with E-state index in [1.165, 1.54) is 19.3 Å². The highest BCUT2D eigenvalue weighted by Crippen LogP contribution is 2.32. The molecule has 1 aliphatic rings. The van der Waals surface area contributed by atoms with Gasteiger partial charge in [-0.3, -0.25) is 4.90 Å². The Labute approximate surface area is 100 Å². The molecule has 0 aromatic carbocycles. The molecule has 0 aromatic heterocycles. The molecule has 3 nitrogen and oxygen atoms in total. The maximum atomic E-state index is 5.95. The summed E-state index contributed by atoms with van der Waals surface area (Å²) in [6, 6.07) is 0.575. The van der Waals surface area contributed by atoms with Crippen molar-refractivity contribution >= 4 is 0 Å². The fourth-order valence-electron chi connectivity index (χ4n) is 2.53. The van der Waals surface area contributed by atoms with Crippen molar-refractivity contribution in [2.45, 2.75) is 39.2 Å². The van der Waals surface area contributed by atoms with Gasteiger partial charge < -0.3 is 10.5 Å². The molecule has 0 aromatic rings. The van der Waals surface area contributed by atoms with Crippen molar-refractivity contribution in [1.29, 1.82) is 0 Å². The maximum absolute atomic E-state index is 5.95. The number of hydrogen-bond donors (Lipinski definition) is 1. The molecule has 0 bridgehead atoms. The zero-order chi connectivity index (χ0) is 12.0. The monoisotopic (exact) mass is 228 g/mol. The van der Waals surface area contributed by atoms with Crippen molar-refractivity contribution < 1.29 is 4.74 Å². The van der Waals surface area contributed by atoms with Gasteiger partial charge in [0.15, 0.2) is 0 Å². The predicted molar refractivity (Wildman–Crippen MR) is 68.5 cm³/mol. The molecule has 16 heavy (non-hydrogen) atoms. The van der Waals surface area contributed by atoms with Crippen LogP contribution in [0.3, 0.4) is 0 Å². The zero-order valence-electron chi connectivity index (χ0n) is 11.1. The molecule has 1 atom stereocenters. The van der Waals surface area contributed by atoms with Gasteiger partial charge in [-0.15, -0.1) is 0 Å². The summed E-state index contributed by atoms with van der Waals surface area (Å²) >= 11 is 0. The third-order valence-electron chi connectivity index (χ3n) is 3.59. The van der Waals surface area contributed by atoms with Crippen molar-refractivity contribution in [3.8, 4) is 0 Å². The van der Waals surface area contributed by atoms with Crippen molar-refractivity contribution in [2.24, 2.45) is 17.6 Å². The Morgan fingerprint density at radius 1 is 1.38 bits per heavy atom. The van der Waals surface area contributed by atoms with Crippen molar-refractivity contribution in [1.82, 2.24) is 4.90 Å². The van der Waals surface area contributed by atoms with Crippen LogP contribution in [0.15, 0.2) is 0 Å². The van der Waals surface area contributed by atoms with Gasteiger partial charge in [0.1, 0.15) is 0 Å². The lowest BCUT2D eigenvalue weighted by Gasteiger charge is -2.41. The minimum Gasteiger partial charge on any atom is -0.383 e. The molecule has 3 heteroatoms. The number of ether oxygens (including phenoxy) is 1. The highest BCUT2D eigenvalue weighted by atomic mass is 16.5. The van der Waals surface area contributed by atoms with Gasteiger partial charge in [0, 0.05) is 32.8 Å². The second-order valence-corrected chi connectivity index (χ2v) is 5.38. The normalized spacial score (nSPS) is 19.1. The quantitative estimate of drug-likeness (QED) is 0.687. The fourth-order valence-corrected chi connectivity index (χ4v) is 2.53. The van der Waals surface area contributed by atoms with Crippen LogP contribution in [0.4, 0.5) is 0 Å². The molecule has 0 spiro atoms. The van der Waals surface area contributed by atoms with Gasteiger partial charge >= 0.3 is 0 Å². The first kappa shape index (κ1) is 13.9. The fraction of sp³-hybridized carbons (Fsp3) is 1.00. The summed E-state index contributed by atoms with van der Waals surface area (Å²) in [4.78, 5) is 2.54. The average molecular weight is 228 g/mol. The Morgan fingerprint density at radius 3 is 2.44 bits per heavy atom. The summed E-state index contributed by atoms with van der Waals surface area (Å²) < 4.78 is 5.20. The Morgan fingerprint density at radius 2 is 2.06 bits per heavy atom. The molecule has 0 saturated heterocycles. The first-order valence-corrected chi connectivity index (χ1v) is 6.62. The van der Waals surface area contributed by atoms with E-state index < -0.39 is 0 Å². The van der Waals surface area contributed by atoms with Gasteiger partial charge in [0.25, 0.3) is 0 Å². The van der Waals surface area contributed by atoms with Crippen LogP contribution in [-0.2, 0) is 4.74 Å². The van der Waals surface area contributed by atoms with E-state index in [9.17, 15) is 0 Å². The topological polar surface area (TPSA) is 38.5 Å². The maximum Gasteiger partial charge on any atom is 0.0589 e. The van der Waals surface area contributed by atoms with Crippen molar-refractivity contribution in [3.05, 3.63) is 0 Å². The van der Waals surface area contributed by atoms with Crippen LogP contribution in [0.5, 0.6) is 0 Å². The molecule has 2 N–H and O–H groups in total. The minimum absolute atomic E-state index is 0.575. The summed E-state index contributed by atoms with van der Waals surface area (Å²) in [6.45, 7) is 8.31. The SMILES string of the molecule is COCCN(CC(C)C)C(CN)C1CCC1. The summed E-state index contributed by atoms with van der Waals surface area (Å²) in [5.74, 6) is 1.53. The predicted octanol–water partition coefficient (Wildman–Crippen LogP) is 1.72. The standard InChI is InChI=1S/C13H28N2O/c1-11(2)10-15(7-8-16-3)13(9-14)12-5-4-6-12/h11-13H,4-10,14H2,1-3H3. The number of nitrogens with two attached hydrogens (primary N) is 1. The van der Waals surface area contributed by atoms with Crippen LogP contribution in [-0.4, -0.2) is 44.3 Å².